The minimum absolute atomic E-state index is 0.130. The Morgan fingerprint density at radius 3 is 2.46 bits per heavy atom. The Kier molecular flexibility index (Phi) is 6.36. The average molecular weight is 493 g/mol. The molecule has 3 heterocycles. The van der Waals surface area contributed by atoms with Crippen LogP contribution in [-0.4, -0.2) is 31.4 Å². The molecule has 0 aliphatic carbocycles. The van der Waals surface area contributed by atoms with Gasteiger partial charge in [-0.25, -0.2) is 9.59 Å². The van der Waals surface area contributed by atoms with Crippen LogP contribution in [0.15, 0.2) is 65.7 Å². The van der Waals surface area contributed by atoms with Gasteiger partial charge < -0.3 is 9.30 Å². The molecule has 37 heavy (non-hydrogen) atoms. The number of para-hydroxylation sites is 2. The minimum atomic E-state index is -0.551. The lowest BCUT2D eigenvalue weighted by Gasteiger charge is -2.06. The van der Waals surface area contributed by atoms with Crippen LogP contribution in [-0.2, 0) is 11.3 Å². The second kappa shape index (κ2) is 9.92. The molecule has 1 N–H and O–H groups in total. The van der Waals surface area contributed by atoms with Gasteiger partial charge in [0.1, 0.15) is 11.8 Å². The summed E-state index contributed by atoms with van der Waals surface area (Å²) in [5, 5.41) is 20.4. The summed E-state index contributed by atoms with van der Waals surface area (Å²) in [6, 6.07) is 19.4. The average Bonchev–Trinajstić information content (AvgIpc) is 3.57. The third kappa shape index (κ3) is 4.07. The first-order valence-corrected chi connectivity index (χ1v) is 12.1. The predicted octanol–water partition coefficient (Wildman–Crippen LogP) is 5.31. The Labute approximate surface area is 212 Å². The number of carbonyl (C=O) groups excluding carboxylic acids is 1. The number of aromatic amines is 1. The van der Waals surface area contributed by atoms with E-state index in [0.717, 1.165) is 29.3 Å². The number of imidazole rings is 1. The Bertz CT molecular complexity index is 1770. The number of H-pyrrole nitrogens is 1. The number of fused-ring (bicyclic) bond motifs is 2. The summed E-state index contributed by atoms with van der Waals surface area (Å²) in [5.74, 6) is 0. The minimum Gasteiger partial charge on any atom is -0.449 e. The second-order valence-electron chi connectivity index (χ2n) is 8.57. The van der Waals surface area contributed by atoms with E-state index >= 15 is 0 Å². The molecule has 2 aromatic carbocycles. The van der Waals surface area contributed by atoms with Crippen LogP contribution in [0.3, 0.4) is 0 Å². The number of unbranched alkanes of at least 4 members (excludes halogenated alkanes) is 2. The fraction of sp³-hybridized carbons (Fsp3) is 0.214. The highest BCUT2D eigenvalue weighted by Crippen LogP contribution is 2.35. The molecule has 0 aliphatic rings. The van der Waals surface area contributed by atoms with Crippen molar-refractivity contribution in [2.75, 3.05) is 6.61 Å². The van der Waals surface area contributed by atoms with Crippen LogP contribution in [0, 0.1) is 22.7 Å². The maximum Gasteiger partial charge on any atom is 0.418 e. The molecule has 5 rings (SSSR count). The fourth-order valence-corrected chi connectivity index (χ4v) is 4.79. The third-order valence-electron chi connectivity index (χ3n) is 6.38. The van der Waals surface area contributed by atoms with Gasteiger partial charge in [0, 0.05) is 47.2 Å². The molecule has 0 saturated carbocycles. The molecule has 0 fully saturated rings. The normalized spacial score (nSPS) is 11.0. The van der Waals surface area contributed by atoms with E-state index in [1.807, 2.05) is 48.7 Å². The molecule has 9 nitrogen and oxygen atoms in total. The zero-order valence-electron chi connectivity index (χ0n) is 20.3. The number of rotatable bonds is 7. The molecule has 0 spiro atoms. The van der Waals surface area contributed by atoms with Crippen molar-refractivity contribution in [3.63, 3.8) is 0 Å². The molecule has 184 valence electrons. The number of nitrogens with one attached hydrogen (secondary N) is 1. The fourth-order valence-electron chi connectivity index (χ4n) is 4.79. The summed E-state index contributed by atoms with van der Waals surface area (Å²) >= 11 is 0. The first-order chi connectivity index (χ1) is 18.1. The number of aryl methyl sites for hydroxylation is 1. The smallest absolute Gasteiger partial charge is 0.418 e. The van der Waals surface area contributed by atoms with E-state index in [9.17, 15) is 14.9 Å². The van der Waals surface area contributed by atoms with Gasteiger partial charge in [0.25, 0.3) is 0 Å². The SMILES string of the molecule is CCOC(=O)n1cc(-n2c(-c3cn(CCCCC#N)c4ccccc34)c(C#N)[nH]c2=O)c2ccccc21. The van der Waals surface area contributed by atoms with E-state index < -0.39 is 11.8 Å². The Balaban J connectivity index is 1.75. The van der Waals surface area contributed by atoms with Crippen LogP contribution in [0.2, 0.25) is 0 Å². The summed E-state index contributed by atoms with van der Waals surface area (Å²) in [4.78, 5) is 28.7. The van der Waals surface area contributed by atoms with Crippen molar-refractivity contribution >= 4 is 27.9 Å². The van der Waals surface area contributed by atoms with Gasteiger partial charge in [0.2, 0.25) is 0 Å². The quantitative estimate of drug-likeness (QED) is 0.309. The number of aromatic nitrogens is 4. The number of benzene rings is 2. The molecule has 0 radical (unpaired) electrons. The van der Waals surface area contributed by atoms with Gasteiger partial charge in [0.15, 0.2) is 0 Å². The zero-order chi connectivity index (χ0) is 25.9. The van der Waals surface area contributed by atoms with Crippen molar-refractivity contribution in [3.8, 4) is 29.1 Å². The number of nitriles is 2. The largest absolute Gasteiger partial charge is 0.449 e. The van der Waals surface area contributed by atoms with Gasteiger partial charge in [-0.05, 0) is 31.9 Å². The second-order valence-corrected chi connectivity index (χ2v) is 8.57. The number of carbonyl (C=O) groups is 1. The van der Waals surface area contributed by atoms with E-state index in [-0.39, 0.29) is 12.3 Å². The Hall–Kier alpha value is -5.02. The first-order valence-electron chi connectivity index (χ1n) is 12.1. The molecule has 0 atom stereocenters. The van der Waals surface area contributed by atoms with Gasteiger partial charge in [-0.15, -0.1) is 0 Å². The van der Waals surface area contributed by atoms with Gasteiger partial charge >= 0.3 is 11.8 Å². The molecule has 0 amide bonds. The molecule has 0 unspecified atom stereocenters. The lowest BCUT2D eigenvalue weighted by atomic mass is 10.1. The van der Waals surface area contributed by atoms with Crippen molar-refractivity contribution < 1.29 is 9.53 Å². The van der Waals surface area contributed by atoms with Crippen LogP contribution < -0.4 is 5.69 Å². The van der Waals surface area contributed by atoms with E-state index in [1.54, 1.807) is 19.2 Å². The molecular formula is C28H24N6O3. The summed E-state index contributed by atoms with van der Waals surface area (Å²) in [6.07, 6.45) is 5.07. The maximum atomic E-state index is 13.3. The van der Waals surface area contributed by atoms with Crippen molar-refractivity contribution in [1.82, 2.24) is 18.7 Å². The highest BCUT2D eigenvalue weighted by Gasteiger charge is 2.25. The van der Waals surface area contributed by atoms with Crippen molar-refractivity contribution in [2.24, 2.45) is 0 Å². The highest BCUT2D eigenvalue weighted by atomic mass is 16.5. The zero-order valence-corrected chi connectivity index (χ0v) is 20.3. The third-order valence-corrected chi connectivity index (χ3v) is 6.38. The lowest BCUT2D eigenvalue weighted by molar-refractivity contribution is 0.155. The molecule has 0 saturated heterocycles. The van der Waals surface area contributed by atoms with Gasteiger partial charge in [-0.3, -0.25) is 14.1 Å². The van der Waals surface area contributed by atoms with E-state index in [2.05, 4.69) is 21.7 Å². The standard InChI is InChI=1S/C28H24N6O3/c1-2-37-28(36)33-18-25(20-11-5-7-13-24(20)33)34-26(22(16-30)31-27(34)35)21-17-32(15-9-3-8-14-29)23-12-6-4-10-19(21)23/h4-7,10-13,17-18H,2-3,8-9,15H2,1H3,(H,31,35). The predicted molar refractivity (Wildman–Crippen MR) is 139 cm³/mol. The highest BCUT2D eigenvalue weighted by molar-refractivity contribution is 5.99. The molecule has 0 aliphatic heterocycles. The van der Waals surface area contributed by atoms with Crippen LogP contribution in [0.4, 0.5) is 4.79 Å². The van der Waals surface area contributed by atoms with Crippen LogP contribution in [0.1, 0.15) is 31.9 Å². The van der Waals surface area contributed by atoms with Gasteiger partial charge in [-0.1, -0.05) is 36.4 Å². The Morgan fingerprint density at radius 1 is 1.00 bits per heavy atom. The number of nitrogens with zero attached hydrogens (tertiary/aromatic N) is 5. The summed E-state index contributed by atoms with van der Waals surface area (Å²) in [7, 11) is 0. The van der Waals surface area contributed by atoms with Crippen molar-refractivity contribution in [1.29, 1.82) is 10.5 Å². The maximum absolute atomic E-state index is 13.3. The van der Waals surface area contributed by atoms with E-state index in [1.165, 1.54) is 9.13 Å². The monoisotopic (exact) mass is 492 g/mol. The molecular weight excluding hydrogens is 468 g/mol. The van der Waals surface area contributed by atoms with Crippen molar-refractivity contribution in [3.05, 3.63) is 77.1 Å². The summed E-state index contributed by atoms with van der Waals surface area (Å²) < 4.78 is 10.1. The summed E-state index contributed by atoms with van der Waals surface area (Å²) in [5.41, 5.74) is 2.81. The van der Waals surface area contributed by atoms with E-state index in [4.69, 9.17) is 10.00 Å². The van der Waals surface area contributed by atoms with Crippen LogP contribution in [0.25, 0.3) is 38.8 Å². The molecule has 0 bridgehead atoms. The Morgan fingerprint density at radius 2 is 1.73 bits per heavy atom. The van der Waals surface area contributed by atoms with Crippen molar-refractivity contribution in [2.45, 2.75) is 32.7 Å². The number of hydrogen-bond acceptors (Lipinski definition) is 5. The summed E-state index contributed by atoms with van der Waals surface area (Å²) in [6.45, 7) is 2.64. The molecule has 9 heteroatoms. The molecule has 5 aromatic rings. The number of ether oxygens (including phenoxy) is 1. The van der Waals surface area contributed by atoms with Crippen LogP contribution in [0.5, 0.6) is 0 Å². The first kappa shape index (κ1) is 23.7. The lowest BCUT2D eigenvalue weighted by Crippen LogP contribution is -2.16. The van der Waals surface area contributed by atoms with Gasteiger partial charge in [-0.2, -0.15) is 10.5 Å². The molecule has 3 aromatic heterocycles. The van der Waals surface area contributed by atoms with Crippen LogP contribution >= 0.6 is 0 Å². The van der Waals surface area contributed by atoms with E-state index in [0.29, 0.717) is 35.2 Å². The topological polar surface area (TPSA) is 122 Å². The number of hydrogen-bond donors (Lipinski definition) is 1. The van der Waals surface area contributed by atoms with Gasteiger partial charge in [0.05, 0.1) is 29.6 Å².